The van der Waals surface area contributed by atoms with Gasteiger partial charge in [0, 0.05) is 30.0 Å². The van der Waals surface area contributed by atoms with Gasteiger partial charge in [-0.25, -0.2) is 9.18 Å². The van der Waals surface area contributed by atoms with Gasteiger partial charge < -0.3 is 14.8 Å². The predicted octanol–water partition coefficient (Wildman–Crippen LogP) is 10.8. The van der Waals surface area contributed by atoms with Gasteiger partial charge in [0.05, 0.1) is 23.8 Å². The van der Waals surface area contributed by atoms with E-state index in [1.165, 1.54) is 20.1 Å². The highest BCUT2D eigenvalue weighted by Crippen LogP contribution is 2.41. The maximum atomic E-state index is 14.7. The van der Waals surface area contributed by atoms with Crippen LogP contribution in [0.5, 0.6) is 5.75 Å². The van der Waals surface area contributed by atoms with Crippen LogP contribution in [0.15, 0.2) is 48.5 Å². The van der Waals surface area contributed by atoms with E-state index in [4.69, 9.17) is 9.47 Å². The standard InChI is InChI=1S/C32H31F10NO3S/c1-6-47-29(44)46-28(18-9-21(31(37,38)39)12-22(10-18)32(40,41)42)17(4)43-15-19-11-20(30(34,35)36)7-8-23(19)25-13-24(16(2)3)26(33)14-27(25)45-5/h7-14,16-17,28,43H,6,15H2,1-5H3/t17-,28-/m0/s1. The lowest BCUT2D eigenvalue weighted by Gasteiger charge is -2.27. The number of carbonyl (C=O) groups is 1. The Kier molecular flexibility index (Phi) is 11.9. The van der Waals surface area contributed by atoms with E-state index in [-0.39, 0.29) is 45.7 Å². The van der Waals surface area contributed by atoms with E-state index >= 15 is 0 Å². The summed E-state index contributed by atoms with van der Waals surface area (Å²) in [5, 5.41) is 1.81. The zero-order valence-corrected chi connectivity index (χ0v) is 26.5. The minimum Gasteiger partial charge on any atom is -0.496 e. The van der Waals surface area contributed by atoms with Crippen molar-refractivity contribution >= 4 is 17.1 Å². The van der Waals surface area contributed by atoms with Crippen LogP contribution in [0, 0.1) is 5.82 Å². The van der Waals surface area contributed by atoms with Crippen molar-refractivity contribution < 1.29 is 58.2 Å². The van der Waals surface area contributed by atoms with Crippen LogP contribution >= 0.6 is 11.8 Å². The number of halogens is 10. The number of benzene rings is 3. The first-order chi connectivity index (χ1) is 21.7. The molecule has 0 heterocycles. The van der Waals surface area contributed by atoms with Gasteiger partial charge in [-0.05, 0) is 83.3 Å². The average molecular weight is 700 g/mol. The molecule has 0 fully saturated rings. The Hall–Kier alpha value is -3.46. The van der Waals surface area contributed by atoms with E-state index in [0.717, 1.165) is 24.3 Å². The molecule has 3 aromatic carbocycles. The normalized spacial score (nSPS) is 13.9. The second kappa shape index (κ2) is 14.8. The molecule has 1 N–H and O–H groups in total. The van der Waals surface area contributed by atoms with Crippen LogP contribution in [0.1, 0.15) is 73.1 Å². The molecule has 0 aliphatic heterocycles. The molecule has 0 saturated heterocycles. The van der Waals surface area contributed by atoms with E-state index in [1.54, 1.807) is 20.8 Å². The summed E-state index contributed by atoms with van der Waals surface area (Å²) in [4.78, 5) is 12.4. The van der Waals surface area contributed by atoms with Gasteiger partial charge in [0.25, 0.3) is 0 Å². The Bertz CT molecular complexity index is 1540. The Morgan fingerprint density at radius 2 is 1.38 bits per heavy atom. The third-order valence-corrected chi connectivity index (χ3v) is 7.78. The highest BCUT2D eigenvalue weighted by molar-refractivity contribution is 8.13. The molecule has 3 aromatic rings. The Morgan fingerprint density at radius 3 is 1.87 bits per heavy atom. The van der Waals surface area contributed by atoms with Crippen molar-refractivity contribution in [3.05, 3.63) is 87.7 Å². The fraction of sp³-hybridized carbons (Fsp3) is 0.406. The molecule has 0 unspecified atom stereocenters. The number of hydrogen-bond donors (Lipinski definition) is 1. The lowest BCUT2D eigenvalue weighted by molar-refractivity contribution is -0.143. The highest BCUT2D eigenvalue weighted by Gasteiger charge is 2.39. The fourth-order valence-electron chi connectivity index (χ4n) is 4.81. The highest BCUT2D eigenvalue weighted by atomic mass is 32.2. The summed E-state index contributed by atoms with van der Waals surface area (Å²) >= 11 is 0.616. The first-order valence-corrected chi connectivity index (χ1v) is 15.1. The number of nitrogens with one attached hydrogen (secondary N) is 1. The lowest BCUT2D eigenvalue weighted by atomic mass is 9.92. The fourth-order valence-corrected chi connectivity index (χ4v) is 5.22. The van der Waals surface area contributed by atoms with E-state index in [0.29, 0.717) is 23.9 Å². The Labute approximate surface area is 268 Å². The molecule has 0 radical (unpaired) electrons. The van der Waals surface area contributed by atoms with Crippen LogP contribution in [0.25, 0.3) is 11.1 Å². The molecule has 0 saturated carbocycles. The molecule has 15 heteroatoms. The number of thioether (sulfide) groups is 1. The minimum absolute atomic E-state index is 0.00741. The number of rotatable bonds is 10. The largest absolute Gasteiger partial charge is 0.496 e. The second-order valence-corrected chi connectivity index (χ2v) is 12.0. The smallest absolute Gasteiger partial charge is 0.416 e. The summed E-state index contributed by atoms with van der Waals surface area (Å²) in [6.07, 6.45) is -16.9. The van der Waals surface area contributed by atoms with E-state index in [2.05, 4.69) is 5.32 Å². The third-order valence-electron chi connectivity index (χ3n) is 7.16. The molecular formula is C32H31F10NO3S. The molecule has 47 heavy (non-hydrogen) atoms. The monoisotopic (exact) mass is 699 g/mol. The third kappa shape index (κ3) is 9.55. The maximum absolute atomic E-state index is 14.7. The number of carbonyl (C=O) groups excluding carboxylic acids is 1. The number of ether oxygens (including phenoxy) is 2. The zero-order chi connectivity index (χ0) is 35.5. The predicted molar refractivity (Wildman–Crippen MR) is 158 cm³/mol. The van der Waals surface area contributed by atoms with E-state index in [9.17, 15) is 48.7 Å². The van der Waals surface area contributed by atoms with Crippen molar-refractivity contribution in [3.8, 4) is 16.9 Å². The van der Waals surface area contributed by atoms with Gasteiger partial charge in [-0.15, -0.1) is 0 Å². The van der Waals surface area contributed by atoms with Crippen molar-refractivity contribution in [1.82, 2.24) is 5.32 Å². The van der Waals surface area contributed by atoms with Crippen molar-refractivity contribution in [2.24, 2.45) is 0 Å². The number of hydrogen-bond acceptors (Lipinski definition) is 5. The molecule has 0 aliphatic rings. The Morgan fingerprint density at radius 1 is 0.809 bits per heavy atom. The first-order valence-electron chi connectivity index (χ1n) is 14.1. The number of methoxy groups -OCH3 is 1. The summed E-state index contributed by atoms with van der Waals surface area (Å²) < 4.78 is 149. The molecule has 0 aromatic heterocycles. The molecule has 0 spiro atoms. The van der Waals surface area contributed by atoms with Crippen LogP contribution in [-0.4, -0.2) is 24.2 Å². The van der Waals surface area contributed by atoms with Crippen LogP contribution in [0.3, 0.4) is 0 Å². The molecule has 258 valence electrons. The molecule has 3 rings (SSSR count). The van der Waals surface area contributed by atoms with Gasteiger partial charge in [0.15, 0.2) is 0 Å². The maximum Gasteiger partial charge on any atom is 0.416 e. The van der Waals surface area contributed by atoms with Gasteiger partial charge >= 0.3 is 23.8 Å². The average Bonchev–Trinajstić information content (AvgIpc) is 2.96. The summed E-state index contributed by atoms with van der Waals surface area (Å²) in [7, 11) is 1.24. The molecule has 0 aliphatic carbocycles. The first kappa shape index (κ1) is 38.0. The second-order valence-electron chi connectivity index (χ2n) is 10.8. The van der Waals surface area contributed by atoms with Gasteiger partial charge in [-0.1, -0.05) is 26.8 Å². The summed E-state index contributed by atoms with van der Waals surface area (Å²) in [6.45, 7) is 5.85. The van der Waals surface area contributed by atoms with Gasteiger partial charge in [-0.2, -0.15) is 39.5 Å². The summed E-state index contributed by atoms with van der Waals surface area (Å²) in [6, 6.07) is 4.85. The molecule has 0 amide bonds. The molecule has 4 nitrogen and oxygen atoms in total. The SMILES string of the molecule is CCSC(=O)O[C@H](c1cc(C(F)(F)F)cc(C(F)(F)F)c1)[C@H](C)NCc1cc(C(F)(F)F)ccc1-c1cc(C(C)C)c(F)cc1OC. The molecular weight excluding hydrogens is 668 g/mol. The molecule has 0 bridgehead atoms. The van der Waals surface area contributed by atoms with Crippen molar-refractivity contribution in [1.29, 1.82) is 0 Å². The van der Waals surface area contributed by atoms with Gasteiger partial charge in [-0.3, -0.25) is 0 Å². The van der Waals surface area contributed by atoms with Crippen molar-refractivity contribution in [3.63, 3.8) is 0 Å². The van der Waals surface area contributed by atoms with E-state index < -0.39 is 70.6 Å². The van der Waals surface area contributed by atoms with Crippen LogP contribution in [-0.2, 0) is 29.8 Å². The van der Waals surface area contributed by atoms with Gasteiger partial charge in [0.1, 0.15) is 17.7 Å². The van der Waals surface area contributed by atoms with Crippen molar-refractivity contribution in [2.75, 3.05) is 12.9 Å². The summed E-state index contributed by atoms with van der Waals surface area (Å²) in [5.41, 5.74) is -4.30. The van der Waals surface area contributed by atoms with Gasteiger partial charge in [0.2, 0.25) is 0 Å². The molecule has 2 atom stereocenters. The summed E-state index contributed by atoms with van der Waals surface area (Å²) in [5.74, 6) is -0.737. The topological polar surface area (TPSA) is 47.6 Å². The van der Waals surface area contributed by atoms with Crippen LogP contribution in [0.4, 0.5) is 48.7 Å². The zero-order valence-electron chi connectivity index (χ0n) is 25.7. The Balaban J connectivity index is 2.14. The van der Waals surface area contributed by atoms with Crippen molar-refractivity contribution in [2.45, 2.75) is 70.8 Å². The lowest BCUT2D eigenvalue weighted by Crippen LogP contribution is -2.34. The quantitative estimate of drug-likeness (QED) is 0.169. The van der Waals surface area contributed by atoms with Crippen LogP contribution in [0.2, 0.25) is 0 Å². The number of alkyl halides is 9. The van der Waals surface area contributed by atoms with E-state index in [1.807, 2.05) is 0 Å². The minimum atomic E-state index is -5.19. The van der Waals surface area contributed by atoms with Crippen LogP contribution < -0.4 is 10.1 Å².